The second kappa shape index (κ2) is 7.91. The molecule has 1 aromatic heterocycles. The number of fused-ring (bicyclic) bond motifs is 1. The van der Waals surface area contributed by atoms with Gasteiger partial charge in [-0.25, -0.2) is 4.68 Å². The average Bonchev–Trinajstić information content (AvgIpc) is 2.67. The van der Waals surface area contributed by atoms with Crippen LogP contribution in [0.4, 0.5) is 11.4 Å². The number of hydrogen-bond acceptors (Lipinski definition) is 4. The maximum atomic E-state index is 12.4. The zero-order valence-corrected chi connectivity index (χ0v) is 15.5. The molecule has 0 aliphatic heterocycles. The zero-order chi connectivity index (χ0) is 20.3. The molecule has 2 amide bonds. The van der Waals surface area contributed by atoms with Crippen molar-refractivity contribution < 1.29 is 9.59 Å². The molecule has 0 radical (unpaired) electrons. The van der Waals surface area contributed by atoms with Gasteiger partial charge in [0, 0.05) is 17.3 Å². The highest BCUT2D eigenvalue weighted by molar-refractivity contribution is 5.93. The minimum Gasteiger partial charge on any atom is -0.326 e. The minimum atomic E-state index is -0.466. The fourth-order valence-corrected chi connectivity index (χ4v) is 2.63. The Morgan fingerprint density at radius 3 is 2.11 bits per heavy atom. The van der Waals surface area contributed by atoms with Gasteiger partial charge in [0.1, 0.15) is 6.54 Å². The smallest absolute Gasteiger partial charge is 0.273 e. The standard InChI is InChI=1S/C20H20N4O4/c1-12(2)18(26)22-14-9-7-13(8-10-14)21-17(25)11-24-20(28)16-6-4-3-5-15(16)19(27)23-24/h3-10,12H,11H2,1-2H3,(H,21,25)(H,22,26)(H,23,27). The van der Waals surface area contributed by atoms with E-state index in [1.165, 1.54) is 0 Å². The monoisotopic (exact) mass is 380 g/mol. The molecule has 3 rings (SSSR count). The second-order valence-electron chi connectivity index (χ2n) is 6.65. The molecule has 0 aliphatic carbocycles. The lowest BCUT2D eigenvalue weighted by atomic mass is 10.2. The summed E-state index contributed by atoms with van der Waals surface area (Å²) in [4.78, 5) is 48.5. The SMILES string of the molecule is CC(C)C(=O)Nc1ccc(NC(=O)Cn2[nH]c(=O)c3ccccc3c2=O)cc1. The molecule has 3 aromatic rings. The van der Waals surface area contributed by atoms with Gasteiger partial charge in [-0.1, -0.05) is 26.0 Å². The third-order valence-electron chi connectivity index (χ3n) is 4.15. The Labute approximate surface area is 160 Å². The molecule has 0 saturated carbocycles. The van der Waals surface area contributed by atoms with Gasteiger partial charge in [-0.05, 0) is 36.4 Å². The highest BCUT2D eigenvalue weighted by Crippen LogP contribution is 2.14. The molecule has 2 aromatic carbocycles. The molecule has 0 atom stereocenters. The predicted molar refractivity (Wildman–Crippen MR) is 107 cm³/mol. The number of aromatic amines is 1. The quantitative estimate of drug-likeness (QED) is 0.627. The van der Waals surface area contributed by atoms with Crippen molar-refractivity contribution in [1.82, 2.24) is 9.78 Å². The van der Waals surface area contributed by atoms with E-state index in [0.29, 0.717) is 11.4 Å². The number of carbonyl (C=O) groups is 2. The third-order valence-corrected chi connectivity index (χ3v) is 4.15. The molecule has 0 aliphatic rings. The Morgan fingerprint density at radius 1 is 0.929 bits per heavy atom. The average molecular weight is 380 g/mol. The van der Waals surface area contributed by atoms with Crippen LogP contribution >= 0.6 is 0 Å². The van der Waals surface area contributed by atoms with Crippen molar-refractivity contribution in [2.24, 2.45) is 5.92 Å². The lowest BCUT2D eigenvalue weighted by Crippen LogP contribution is -2.34. The number of nitrogens with zero attached hydrogens (tertiary/aromatic N) is 1. The van der Waals surface area contributed by atoms with Gasteiger partial charge in [0.2, 0.25) is 11.8 Å². The summed E-state index contributed by atoms with van der Waals surface area (Å²) in [7, 11) is 0. The predicted octanol–water partition coefficient (Wildman–Crippen LogP) is 1.92. The molecule has 0 bridgehead atoms. The van der Waals surface area contributed by atoms with Crippen LogP contribution in [0.25, 0.3) is 10.8 Å². The van der Waals surface area contributed by atoms with E-state index in [0.717, 1.165) is 4.68 Å². The van der Waals surface area contributed by atoms with Crippen LogP contribution in [0, 0.1) is 5.92 Å². The van der Waals surface area contributed by atoms with Crippen molar-refractivity contribution in [3.63, 3.8) is 0 Å². The lowest BCUT2D eigenvalue weighted by Gasteiger charge is -2.10. The van der Waals surface area contributed by atoms with E-state index in [9.17, 15) is 19.2 Å². The molecule has 0 fully saturated rings. The Balaban J connectivity index is 1.72. The molecule has 0 saturated heterocycles. The van der Waals surface area contributed by atoms with Crippen LogP contribution < -0.4 is 21.8 Å². The number of amides is 2. The van der Waals surface area contributed by atoms with E-state index in [-0.39, 0.29) is 29.1 Å². The Morgan fingerprint density at radius 2 is 1.50 bits per heavy atom. The molecule has 8 heteroatoms. The van der Waals surface area contributed by atoms with Crippen LogP contribution in [0.3, 0.4) is 0 Å². The summed E-state index contributed by atoms with van der Waals surface area (Å²) in [6, 6.07) is 13.0. The zero-order valence-electron chi connectivity index (χ0n) is 15.5. The number of anilines is 2. The molecular weight excluding hydrogens is 360 g/mol. The number of aromatic nitrogens is 2. The van der Waals surface area contributed by atoms with Crippen molar-refractivity contribution in [1.29, 1.82) is 0 Å². The number of carbonyl (C=O) groups excluding carboxylic acids is 2. The summed E-state index contributed by atoms with van der Waals surface area (Å²) in [5, 5.41) is 8.36. The summed E-state index contributed by atoms with van der Waals surface area (Å²) in [6.07, 6.45) is 0. The summed E-state index contributed by atoms with van der Waals surface area (Å²) < 4.78 is 0.983. The topological polar surface area (TPSA) is 113 Å². The van der Waals surface area contributed by atoms with Gasteiger partial charge >= 0.3 is 0 Å². The van der Waals surface area contributed by atoms with E-state index >= 15 is 0 Å². The van der Waals surface area contributed by atoms with Crippen molar-refractivity contribution in [2.45, 2.75) is 20.4 Å². The van der Waals surface area contributed by atoms with Gasteiger partial charge in [0.05, 0.1) is 10.8 Å². The summed E-state index contributed by atoms with van der Waals surface area (Å²) in [6.45, 7) is 3.26. The van der Waals surface area contributed by atoms with E-state index in [4.69, 9.17) is 0 Å². The molecule has 28 heavy (non-hydrogen) atoms. The molecule has 0 unspecified atom stereocenters. The van der Waals surface area contributed by atoms with Gasteiger partial charge in [-0.2, -0.15) is 0 Å². The van der Waals surface area contributed by atoms with Gasteiger partial charge in [-0.15, -0.1) is 0 Å². The molecule has 0 spiro atoms. The van der Waals surface area contributed by atoms with Crippen LogP contribution in [0.5, 0.6) is 0 Å². The van der Waals surface area contributed by atoms with Crippen molar-refractivity contribution >= 4 is 34.0 Å². The van der Waals surface area contributed by atoms with Crippen LogP contribution in [0.2, 0.25) is 0 Å². The van der Waals surface area contributed by atoms with Crippen LogP contribution in [0.15, 0.2) is 58.1 Å². The highest BCUT2D eigenvalue weighted by Gasteiger charge is 2.11. The molecular formula is C20H20N4O4. The third kappa shape index (κ3) is 4.17. The molecule has 3 N–H and O–H groups in total. The van der Waals surface area contributed by atoms with E-state index in [1.807, 2.05) is 0 Å². The summed E-state index contributed by atoms with van der Waals surface area (Å²) >= 11 is 0. The first kappa shape index (κ1) is 19.1. The number of benzene rings is 2. The fraction of sp³-hybridized carbons (Fsp3) is 0.200. The summed E-state index contributed by atoms with van der Waals surface area (Å²) in [5.41, 5.74) is 0.237. The van der Waals surface area contributed by atoms with Crippen LogP contribution in [-0.2, 0) is 16.1 Å². The summed E-state index contributed by atoms with van der Waals surface area (Å²) in [5.74, 6) is -0.704. The van der Waals surface area contributed by atoms with E-state index in [1.54, 1.807) is 62.4 Å². The molecule has 144 valence electrons. The molecule has 8 nitrogen and oxygen atoms in total. The number of H-pyrrole nitrogens is 1. The number of nitrogens with one attached hydrogen (secondary N) is 3. The highest BCUT2D eigenvalue weighted by atomic mass is 16.2. The first-order valence-corrected chi connectivity index (χ1v) is 8.78. The van der Waals surface area contributed by atoms with Crippen LogP contribution in [0.1, 0.15) is 13.8 Å². The first-order valence-electron chi connectivity index (χ1n) is 8.78. The van der Waals surface area contributed by atoms with Gasteiger partial charge in [-0.3, -0.25) is 24.3 Å². The molecule has 1 heterocycles. The normalized spacial score (nSPS) is 10.8. The maximum absolute atomic E-state index is 12.4. The van der Waals surface area contributed by atoms with Gasteiger partial charge < -0.3 is 10.6 Å². The maximum Gasteiger partial charge on any atom is 0.273 e. The van der Waals surface area contributed by atoms with Gasteiger partial charge in [0.15, 0.2) is 0 Å². The Kier molecular flexibility index (Phi) is 5.39. The lowest BCUT2D eigenvalue weighted by molar-refractivity contribution is -0.119. The van der Waals surface area contributed by atoms with E-state index < -0.39 is 17.0 Å². The minimum absolute atomic E-state index is 0.101. The van der Waals surface area contributed by atoms with Crippen molar-refractivity contribution in [2.75, 3.05) is 10.6 Å². The van der Waals surface area contributed by atoms with Gasteiger partial charge in [0.25, 0.3) is 11.1 Å². The largest absolute Gasteiger partial charge is 0.326 e. The Hall–Kier alpha value is -3.68. The van der Waals surface area contributed by atoms with E-state index in [2.05, 4.69) is 15.7 Å². The first-order chi connectivity index (χ1) is 13.3. The fourth-order valence-electron chi connectivity index (χ4n) is 2.63. The number of hydrogen-bond donors (Lipinski definition) is 3. The van der Waals surface area contributed by atoms with Crippen molar-refractivity contribution in [3.05, 3.63) is 69.2 Å². The van der Waals surface area contributed by atoms with Crippen LogP contribution in [-0.4, -0.2) is 21.6 Å². The Bertz CT molecular complexity index is 1140. The second-order valence-corrected chi connectivity index (χ2v) is 6.65. The number of rotatable bonds is 5. The van der Waals surface area contributed by atoms with Crippen molar-refractivity contribution in [3.8, 4) is 0 Å².